The van der Waals surface area contributed by atoms with E-state index >= 15 is 0 Å². The monoisotopic (exact) mass is 677 g/mol. The number of nitrogens with zero attached hydrogens (tertiary/aromatic N) is 4. The van der Waals surface area contributed by atoms with Gasteiger partial charge in [-0.05, 0) is 6.42 Å². The first-order valence-corrected chi connectivity index (χ1v) is 15.5. The Hall–Kier alpha value is -3.30. The Bertz CT molecular complexity index is 929. The summed E-state index contributed by atoms with van der Waals surface area (Å²) in [5.74, 6) is 1.26. The summed E-state index contributed by atoms with van der Waals surface area (Å²) in [6.07, 6.45) is 1.16. The SMILES string of the molecule is NNC(=O)CCOCCOCCOCCNC(=O)CCC(C=O)N1CCN(CC(=O)O)CCN(CC(=O)O)CCN(CC(=O)O)CC1. The zero-order valence-electron chi connectivity index (χ0n) is 26.9. The Morgan fingerprint density at radius 3 is 1.49 bits per heavy atom. The van der Waals surface area contributed by atoms with E-state index in [1.54, 1.807) is 14.7 Å². The van der Waals surface area contributed by atoms with Crippen LogP contribution in [0.25, 0.3) is 0 Å². The van der Waals surface area contributed by atoms with Crippen LogP contribution in [-0.4, -0.2) is 195 Å². The first-order valence-electron chi connectivity index (χ1n) is 15.5. The summed E-state index contributed by atoms with van der Waals surface area (Å²) in [6, 6.07) is -0.666. The smallest absolute Gasteiger partial charge is 0.317 e. The van der Waals surface area contributed by atoms with Gasteiger partial charge in [-0.1, -0.05) is 0 Å². The molecule has 19 heteroatoms. The van der Waals surface area contributed by atoms with Crippen molar-refractivity contribution in [2.24, 2.45) is 5.84 Å². The Balaban J connectivity index is 2.55. The van der Waals surface area contributed by atoms with Crippen molar-refractivity contribution >= 4 is 36.0 Å². The molecule has 0 radical (unpaired) electrons. The van der Waals surface area contributed by atoms with Gasteiger partial charge >= 0.3 is 17.9 Å². The molecular formula is C28H51N7O12. The highest BCUT2D eigenvalue weighted by Gasteiger charge is 2.24. The lowest BCUT2D eigenvalue weighted by molar-refractivity contribution is -0.140. The van der Waals surface area contributed by atoms with E-state index in [1.165, 1.54) is 0 Å². The maximum atomic E-state index is 12.5. The van der Waals surface area contributed by atoms with Crippen LogP contribution in [-0.2, 0) is 43.0 Å². The molecule has 1 saturated heterocycles. The van der Waals surface area contributed by atoms with E-state index in [9.17, 15) is 44.1 Å². The number of carbonyl (C=O) groups excluding carboxylic acids is 3. The average molecular weight is 678 g/mol. The van der Waals surface area contributed by atoms with E-state index in [0.29, 0.717) is 26.4 Å². The Morgan fingerprint density at radius 1 is 0.638 bits per heavy atom. The molecule has 270 valence electrons. The van der Waals surface area contributed by atoms with Gasteiger partial charge in [0, 0.05) is 65.3 Å². The summed E-state index contributed by atoms with van der Waals surface area (Å²) in [5, 5.41) is 30.8. The van der Waals surface area contributed by atoms with Gasteiger partial charge in [0.25, 0.3) is 0 Å². The number of carboxylic acids is 3. The molecule has 0 saturated carbocycles. The molecule has 0 spiro atoms. The highest BCUT2D eigenvalue weighted by atomic mass is 16.5. The first-order chi connectivity index (χ1) is 22.5. The largest absolute Gasteiger partial charge is 0.480 e. The second-order valence-corrected chi connectivity index (χ2v) is 10.8. The van der Waals surface area contributed by atoms with Crippen molar-refractivity contribution in [2.45, 2.75) is 25.3 Å². The predicted molar refractivity (Wildman–Crippen MR) is 165 cm³/mol. The molecule has 2 amide bonds. The van der Waals surface area contributed by atoms with Crippen molar-refractivity contribution in [1.29, 1.82) is 0 Å². The van der Waals surface area contributed by atoms with E-state index in [4.69, 9.17) is 20.1 Å². The van der Waals surface area contributed by atoms with Gasteiger partial charge in [0.2, 0.25) is 11.8 Å². The van der Waals surface area contributed by atoms with Gasteiger partial charge in [-0.2, -0.15) is 0 Å². The van der Waals surface area contributed by atoms with Crippen molar-refractivity contribution in [2.75, 3.05) is 118 Å². The number of rotatable bonds is 23. The number of carboxylic acid groups (broad SMARTS) is 3. The first kappa shape index (κ1) is 41.7. The quantitative estimate of drug-likeness (QED) is 0.0200. The van der Waals surface area contributed by atoms with Gasteiger partial charge in [-0.15, -0.1) is 0 Å². The average Bonchev–Trinajstić information content (AvgIpc) is 3.01. The topological polar surface area (TPSA) is 254 Å². The van der Waals surface area contributed by atoms with Crippen molar-refractivity contribution in [3.05, 3.63) is 0 Å². The van der Waals surface area contributed by atoms with Gasteiger partial charge in [0.15, 0.2) is 0 Å². The molecule has 19 nitrogen and oxygen atoms in total. The van der Waals surface area contributed by atoms with Crippen molar-refractivity contribution in [3.63, 3.8) is 0 Å². The molecule has 1 aliphatic heterocycles. The molecule has 1 atom stereocenters. The number of hydrogen-bond acceptors (Lipinski definition) is 14. The Morgan fingerprint density at radius 2 is 1.06 bits per heavy atom. The molecule has 0 aromatic carbocycles. The summed E-state index contributed by atoms with van der Waals surface area (Å²) in [4.78, 5) is 76.7. The predicted octanol–water partition coefficient (Wildman–Crippen LogP) is -3.64. The molecule has 7 N–H and O–H groups in total. The second kappa shape index (κ2) is 25.7. The highest BCUT2D eigenvalue weighted by molar-refractivity contribution is 5.76. The van der Waals surface area contributed by atoms with Crippen LogP contribution in [0.1, 0.15) is 19.3 Å². The van der Waals surface area contributed by atoms with Gasteiger partial charge in [0.05, 0.1) is 71.7 Å². The Labute approximate surface area is 274 Å². The van der Waals surface area contributed by atoms with E-state index in [1.807, 2.05) is 10.3 Å². The van der Waals surface area contributed by atoms with Crippen LogP contribution in [0.15, 0.2) is 0 Å². The van der Waals surface area contributed by atoms with Crippen LogP contribution < -0.4 is 16.6 Å². The maximum absolute atomic E-state index is 12.5. The zero-order chi connectivity index (χ0) is 34.9. The summed E-state index contributed by atoms with van der Waals surface area (Å²) >= 11 is 0. The maximum Gasteiger partial charge on any atom is 0.317 e. The number of nitrogens with one attached hydrogen (secondary N) is 2. The third-order valence-corrected chi connectivity index (χ3v) is 7.19. The minimum absolute atomic E-state index is 0.0534. The van der Waals surface area contributed by atoms with E-state index in [-0.39, 0.29) is 123 Å². The minimum Gasteiger partial charge on any atom is -0.480 e. The number of aliphatic carboxylic acids is 3. The molecule has 1 rings (SSSR count). The number of hydrogen-bond donors (Lipinski definition) is 6. The van der Waals surface area contributed by atoms with Gasteiger partial charge < -0.3 is 39.6 Å². The lowest BCUT2D eigenvalue weighted by Gasteiger charge is -2.35. The standard InChI is InChI=1S/C28H51N7O12/c29-31-25(38)3-13-45-15-17-47-18-16-46-14-4-30-24(37)2-1-23(22-36)35-11-9-33(20-27(41)42)7-5-32(19-26(39)40)6-8-34(10-12-35)21-28(43)44/h22-23H,1-21,29H2,(H,30,37)(H,31,38)(H,39,40)(H,41,42)(H,43,44). The number of carbonyl (C=O) groups is 6. The summed E-state index contributed by atoms with van der Waals surface area (Å²) in [6.45, 7) is 3.40. The fraction of sp³-hybridized carbons (Fsp3) is 0.786. The number of aldehydes is 1. The zero-order valence-corrected chi connectivity index (χ0v) is 26.9. The van der Waals surface area contributed by atoms with Crippen LogP contribution in [0.3, 0.4) is 0 Å². The summed E-state index contributed by atoms with van der Waals surface area (Å²) in [7, 11) is 0. The van der Waals surface area contributed by atoms with Crippen molar-refractivity contribution < 1.29 is 58.3 Å². The number of hydrazine groups is 1. The molecule has 1 aliphatic rings. The molecule has 1 unspecified atom stereocenters. The van der Waals surface area contributed by atoms with Crippen LogP contribution >= 0.6 is 0 Å². The normalized spacial score (nSPS) is 16.8. The van der Waals surface area contributed by atoms with Crippen molar-refractivity contribution in [3.8, 4) is 0 Å². The lowest BCUT2D eigenvalue weighted by atomic mass is 10.1. The van der Waals surface area contributed by atoms with Gasteiger partial charge in [0.1, 0.15) is 6.29 Å². The molecule has 0 aromatic heterocycles. The number of amides is 2. The molecule has 1 fully saturated rings. The van der Waals surface area contributed by atoms with Crippen molar-refractivity contribution in [1.82, 2.24) is 30.3 Å². The summed E-state index contributed by atoms with van der Waals surface area (Å²) < 4.78 is 16.0. The molecular weight excluding hydrogens is 626 g/mol. The van der Waals surface area contributed by atoms with Crippen LogP contribution in [0.4, 0.5) is 0 Å². The van der Waals surface area contributed by atoms with Crippen LogP contribution in [0, 0.1) is 0 Å². The third kappa shape index (κ3) is 22.0. The Kier molecular flexibility index (Phi) is 22.9. The molecule has 1 heterocycles. The minimum atomic E-state index is -1.04. The van der Waals surface area contributed by atoms with Crippen LogP contribution in [0.5, 0.6) is 0 Å². The number of nitrogens with two attached hydrogens (primary N) is 1. The van der Waals surface area contributed by atoms with Gasteiger partial charge in [-0.25, -0.2) is 5.84 Å². The number of ether oxygens (including phenoxy) is 3. The summed E-state index contributed by atoms with van der Waals surface area (Å²) in [5.41, 5.74) is 2.01. The fourth-order valence-electron chi connectivity index (χ4n) is 4.68. The highest BCUT2D eigenvalue weighted by Crippen LogP contribution is 2.08. The van der Waals surface area contributed by atoms with Crippen LogP contribution in [0.2, 0.25) is 0 Å². The lowest BCUT2D eigenvalue weighted by Crippen LogP contribution is -2.50. The second-order valence-electron chi connectivity index (χ2n) is 10.8. The fourth-order valence-corrected chi connectivity index (χ4v) is 4.68. The molecule has 0 aliphatic carbocycles. The van der Waals surface area contributed by atoms with E-state index in [0.717, 1.165) is 6.29 Å². The molecule has 0 bridgehead atoms. The third-order valence-electron chi connectivity index (χ3n) is 7.19. The van der Waals surface area contributed by atoms with E-state index < -0.39 is 23.9 Å². The van der Waals surface area contributed by atoms with E-state index in [2.05, 4.69) is 5.32 Å². The molecule has 0 aromatic rings. The van der Waals surface area contributed by atoms with Gasteiger partial charge in [-0.3, -0.25) is 49.0 Å². The molecule has 47 heavy (non-hydrogen) atoms.